The number of hydrogen-bond donors (Lipinski definition) is 1. The van der Waals surface area contributed by atoms with Crippen LogP contribution in [0.25, 0.3) is 0 Å². The number of aryl methyl sites for hydroxylation is 2. The van der Waals surface area contributed by atoms with Crippen molar-refractivity contribution in [3.63, 3.8) is 0 Å². The molecule has 2 rings (SSSR count). The van der Waals surface area contributed by atoms with Crippen LogP contribution in [0.2, 0.25) is 5.15 Å². The number of benzene rings is 1. The predicted molar refractivity (Wildman–Crippen MR) is 70.8 cm³/mol. The fourth-order valence-corrected chi connectivity index (χ4v) is 1.71. The minimum Gasteiger partial charge on any atom is -0.340 e. The Hall–Kier alpha value is -1.68. The molecule has 1 aromatic heterocycles. The number of nitrogens with one attached hydrogen (secondary N) is 1. The van der Waals surface area contributed by atoms with Crippen LogP contribution in [0.1, 0.15) is 18.3 Å². The molecule has 0 fully saturated rings. The van der Waals surface area contributed by atoms with Gasteiger partial charge in [0.1, 0.15) is 22.6 Å². The van der Waals surface area contributed by atoms with Gasteiger partial charge in [0, 0.05) is 18.2 Å². The van der Waals surface area contributed by atoms with Gasteiger partial charge >= 0.3 is 0 Å². The minimum atomic E-state index is -0.254. The zero-order valence-corrected chi connectivity index (χ0v) is 10.9. The Morgan fingerprint density at radius 1 is 1.28 bits per heavy atom. The highest BCUT2D eigenvalue weighted by Gasteiger charge is 2.04. The summed E-state index contributed by atoms with van der Waals surface area (Å²) in [6, 6.07) is 6.54. The van der Waals surface area contributed by atoms with E-state index in [2.05, 4.69) is 15.3 Å². The van der Waals surface area contributed by atoms with E-state index in [1.807, 2.05) is 6.92 Å². The van der Waals surface area contributed by atoms with Crippen molar-refractivity contribution in [2.45, 2.75) is 20.3 Å². The highest BCUT2D eigenvalue weighted by atomic mass is 35.5. The summed E-state index contributed by atoms with van der Waals surface area (Å²) in [6.07, 6.45) is 0.692. The van der Waals surface area contributed by atoms with E-state index in [0.29, 0.717) is 34.5 Å². The molecular formula is C13H13ClFN3. The van der Waals surface area contributed by atoms with Gasteiger partial charge < -0.3 is 5.32 Å². The van der Waals surface area contributed by atoms with Gasteiger partial charge in [0.05, 0.1) is 0 Å². The highest BCUT2D eigenvalue weighted by molar-refractivity contribution is 6.29. The molecule has 5 heteroatoms. The van der Waals surface area contributed by atoms with Crippen molar-refractivity contribution in [1.82, 2.24) is 9.97 Å². The molecule has 1 heterocycles. The SMILES string of the molecule is CCc1nc(Cl)cc(Nc2ccc(C)c(F)c2)n1. The second kappa shape index (κ2) is 5.31. The summed E-state index contributed by atoms with van der Waals surface area (Å²) in [6.45, 7) is 3.66. The Morgan fingerprint density at radius 3 is 2.72 bits per heavy atom. The van der Waals surface area contributed by atoms with Gasteiger partial charge in [-0.2, -0.15) is 0 Å². The van der Waals surface area contributed by atoms with E-state index in [9.17, 15) is 4.39 Å². The van der Waals surface area contributed by atoms with Gasteiger partial charge in [-0.3, -0.25) is 0 Å². The van der Waals surface area contributed by atoms with Gasteiger partial charge in [-0.05, 0) is 24.6 Å². The smallest absolute Gasteiger partial charge is 0.135 e. The van der Waals surface area contributed by atoms with Crippen LogP contribution >= 0.6 is 11.6 Å². The average Bonchev–Trinajstić information content (AvgIpc) is 2.33. The average molecular weight is 266 g/mol. The third kappa shape index (κ3) is 2.96. The van der Waals surface area contributed by atoms with Crippen molar-refractivity contribution in [2.24, 2.45) is 0 Å². The van der Waals surface area contributed by atoms with E-state index in [0.717, 1.165) is 0 Å². The summed E-state index contributed by atoms with van der Waals surface area (Å²) in [4.78, 5) is 8.34. The Morgan fingerprint density at radius 2 is 2.06 bits per heavy atom. The number of hydrogen-bond acceptors (Lipinski definition) is 3. The van der Waals surface area contributed by atoms with Crippen LogP contribution in [0.15, 0.2) is 24.3 Å². The lowest BCUT2D eigenvalue weighted by Crippen LogP contribution is -2.00. The van der Waals surface area contributed by atoms with E-state index in [1.165, 1.54) is 6.07 Å². The number of halogens is 2. The van der Waals surface area contributed by atoms with Gasteiger partial charge in [-0.1, -0.05) is 24.6 Å². The van der Waals surface area contributed by atoms with Crippen molar-refractivity contribution >= 4 is 23.1 Å². The standard InChI is InChI=1S/C13H13ClFN3/c1-3-12-17-11(14)7-13(18-12)16-9-5-4-8(2)10(15)6-9/h4-7H,3H2,1-2H3,(H,16,17,18). The molecule has 0 aliphatic heterocycles. The van der Waals surface area contributed by atoms with Gasteiger partial charge in [0.25, 0.3) is 0 Å². The van der Waals surface area contributed by atoms with E-state index in [1.54, 1.807) is 25.1 Å². The first-order valence-corrected chi connectivity index (χ1v) is 6.03. The molecule has 0 radical (unpaired) electrons. The third-order valence-corrected chi connectivity index (χ3v) is 2.70. The van der Waals surface area contributed by atoms with Crippen LogP contribution in [0.5, 0.6) is 0 Å². The van der Waals surface area contributed by atoms with Gasteiger partial charge in [0.2, 0.25) is 0 Å². The Labute approximate surface area is 110 Å². The highest BCUT2D eigenvalue weighted by Crippen LogP contribution is 2.19. The molecule has 1 N–H and O–H groups in total. The first kappa shape index (κ1) is 12.8. The quantitative estimate of drug-likeness (QED) is 0.856. The summed E-state index contributed by atoms with van der Waals surface area (Å²) in [5, 5.41) is 3.38. The topological polar surface area (TPSA) is 37.8 Å². The molecule has 0 atom stereocenters. The minimum absolute atomic E-state index is 0.254. The van der Waals surface area contributed by atoms with Crippen LogP contribution in [-0.2, 0) is 6.42 Å². The first-order chi connectivity index (χ1) is 8.58. The van der Waals surface area contributed by atoms with Crippen LogP contribution < -0.4 is 5.32 Å². The van der Waals surface area contributed by atoms with Crippen molar-refractivity contribution < 1.29 is 4.39 Å². The van der Waals surface area contributed by atoms with E-state index in [4.69, 9.17) is 11.6 Å². The van der Waals surface area contributed by atoms with Crippen molar-refractivity contribution in [3.8, 4) is 0 Å². The maximum atomic E-state index is 13.4. The monoisotopic (exact) mass is 265 g/mol. The lowest BCUT2D eigenvalue weighted by atomic mass is 10.2. The van der Waals surface area contributed by atoms with Gasteiger partial charge in [-0.15, -0.1) is 0 Å². The van der Waals surface area contributed by atoms with Gasteiger partial charge in [0.15, 0.2) is 0 Å². The van der Waals surface area contributed by atoms with Crippen LogP contribution in [-0.4, -0.2) is 9.97 Å². The fraction of sp³-hybridized carbons (Fsp3) is 0.231. The summed E-state index contributed by atoms with van der Waals surface area (Å²) in [5.74, 6) is 0.962. The van der Waals surface area contributed by atoms with Crippen molar-refractivity contribution in [2.75, 3.05) is 5.32 Å². The van der Waals surface area contributed by atoms with Crippen molar-refractivity contribution in [1.29, 1.82) is 0 Å². The normalized spacial score (nSPS) is 10.4. The maximum absolute atomic E-state index is 13.4. The van der Waals surface area contributed by atoms with Crippen LogP contribution in [0.3, 0.4) is 0 Å². The summed E-state index contributed by atoms with van der Waals surface area (Å²) >= 11 is 5.89. The van der Waals surface area contributed by atoms with E-state index >= 15 is 0 Å². The largest absolute Gasteiger partial charge is 0.340 e. The molecule has 0 aliphatic rings. The number of aromatic nitrogens is 2. The van der Waals surface area contributed by atoms with Crippen LogP contribution in [0.4, 0.5) is 15.9 Å². The molecule has 0 unspecified atom stereocenters. The molecule has 0 amide bonds. The fourth-order valence-electron chi connectivity index (χ4n) is 1.51. The molecule has 0 aliphatic carbocycles. The lowest BCUT2D eigenvalue weighted by Gasteiger charge is -2.08. The summed E-state index contributed by atoms with van der Waals surface area (Å²) in [7, 11) is 0. The molecule has 18 heavy (non-hydrogen) atoms. The van der Waals surface area contributed by atoms with E-state index < -0.39 is 0 Å². The van der Waals surface area contributed by atoms with E-state index in [-0.39, 0.29) is 5.82 Å². The third-order valence-electron chi connectivity index (χ3n) is 2.50. The first-order valence-electron chi connectivity index (χ1n) is 5.65. The lowest BCUT2D eigenvalue weighted by molar-refractivity contribution is 0.619. The maximum Gasteiger partial charge on any atom is 0.135 e. The van der Waals surface area contributed by atoms with Gasteiger partial charge in [-0.25, -0.2) is 14.4 Å². The molecule has 0 spiro atoms. The molecule has 94 valence electrons. The molecule has 0 saturated carbocycles. The Balaban J connectivity index is 2.27. The molecule has 0 saturated heterocycles. The second-order valence-corrected chi connectivity index (χ2v) is 4.32. The van der Waals surface area contributed by atoms with Crippen LogP contribution in [0, 0.1) is 12.7 Å². The molecule has 2 aromatic rings. The Bertz CT molecular complexity index is 572. The second-order valence-electron chi connectivity index (χ2n) is 3.93. The Kier molecular flexibility index (Phi) is 3.77. The molecular weight excluding hydrogens is 253 g/mol. The zero-order chi connectivity index (χ0) is 13.1. The predicted octanol–water partition coefficient (Wildman–Crippen LogP) is 3.88. The zero-order valence-electron chi connectivity index (χ0n) is 10.2. The summed E-state index contributed by atoms with van der Waals surface area (Å²) < 4.78 is 13.4. The number of anilines is 2. The number of rotatable bonds is 3. The number of nitrogens with zero attached hydrogens (tertiary/aromatic N) is 2. The summed E-state index contributed by atoms with van der Waals surface area (Å²) in [5.41, 5.74) is 1.24. The molecule has 1 aromatic carbocycles. The van der Waals surface area contributed by atoms with Crippen molar-refractivity contribution in [3.05, 3.63) is 46.6 Å². The molecule has 3 nitrogen and oxygen atoms in total. The molecule has 0 bridgehead atoms.